The molecule has 0 unspecified atom stereocenters. The molecule has 0 aromatic heterocycles. The molecule has 3 nitrogen and oxygen atoms in total. The number of hydrogen-bond donors (Lipinski definition) is 0. The van der Waals surface area contributed by atoms with Crippen molar-refractivity contribution in [2.24, 2.45) is 0 Å². The van der Waals surface area contributed by atoms with Crippen LogP contribution in [0.15, 0.2) is 117 Å². The second kappa shape index (κ2) is 13.5. The molecule has 0 aliphatic carbocycles. The lowest BCUT2D eigenvalue weighted by Crippen LogP contribution is -2.29. The Morgan fingerprint density at radius 2 is 1.33 bits per heavy atom. The Labute approximate surface area is 251 Å². The van der Waals surface area contributed by atoms with Crippen LogP contribution in [0.4, 0.5) is 13.2 Å². The average Bonchev–Trinajstić information content (AvgIpc) is 2.92. The van der Waals surface area contributed by atoms with Crippen LogP contribution in [0, 0.1) is 25.7 Å². The SMILES string of the molecule is Cc1cc([S+](c2ccccc2)c2ccccc2)cc(C)c1OCC(=O)OC(C)(C)C#Cc1ccc(SC(F)(F)F)cc1. The van der Waals surface area contributed by atoms with Gasteiger partial charge in [0.2, 0.25) is 0 Å². The number of rotatable bonds is 8. The van der Waals surface area contributed by atoms with Crippen LogP contribution in [-0.2, 0) is 20.4 Å². The molecule has 0 saturated carbocycles. The van der Waals surface area contributed by atoms with Crippen LogP contribution in [-0.4, -0.2) is 23.7 Å². The van der Waals surface area contributed by atoms with Gasteiger partial charge >= 0.3 is 11.5 Å². The summed E-state index contributed by atoms with van der Waals surface area (Å²) in [6.07, 6.45) is 0. The molecule has 216 valence electrons. The first-order valence-electron chi connectivity index (χ1n) is 13.1. The van der Waals surface area contributed by atoms with Crippen molar-refractivity contribution in [1.29, 1.82) is 0 Å². The third-order valence-electron chi connectivity index (χ3n) is 5.93. The van der Waals surface area contributed by atoms with Gasteiger partial charge in [0.25, 0.3) is 0 Å². The topological polar surface area (TPSA) is 35.5 Å². The first-order valence-corrected chi connectivity index (χ1v) is 15.1. The zero-order valence-corrected chi connectivity index (χ0v) is 25.3. The van der Waals surface area contributed by atoms with E-state index in [0.29, 0.717) is 11.3 Å². The Morgan fingerprint density at radius 3 is 1.83 bits per heavy atom. The number of ether oxygens (including phenoxy) is 2. The predicted molar refractivity (Wildman–Crippen MR) is 162 cm³/mol. The van der Waals surface area contributed by atoms with Crippen molar-refractivity contribution >= 4 is 28.6 Å². The van der Waals surface area contributed by atoms with E-state index in [1.165, 1.54) is 34.1 Å². The molecule has 0 spiro atoms. The molecule has 0 N–H and O–H groups in total. The summed E-state index contributed by atoms with van der Waals surface area (Å²) < 4.78 is 49.1. The van der Waals surface area contributed by atoms with E-state index in [2.05, 4.69) is 48.2 Å². The first kappa shape index (κ1) is 31.1. The van der Waals surface area contributed by atoms with E-state index in [1.807, 2.05) is 50.2 Å². The van der Waals surface area contributed by atoms with Crippen molar-refractivity contribution in [3.63, 3.8) is 0 Å². The molecule has 0 aliphatic rings. The van der Waals surface area contributed by atoms with Gasteiger partial charge in [-0.25, -0.2) is 4.79 Å². The Hall–Kier alpha value is -3.80. The van der Waals surface area contributed by atoms with Crippen molar-refractivity contribution < 1.29 is 27.4 Å². The average molecular weight is 608 g/mol. The number of thioether (sulfide) groups is 1. The summed E-state index contributed by atoms with van der Waals surface area (Å²) in [7, 11) is -0.307. The van der Waals surface area contributed by atoms with Gasteiger partial charge < -0.3 is 9.47 Å². The quantitative estimate of drug-likeness (QED) is 0.0868. The lowest BCUT2D eigenvalue weighted by Gasteiger charge is -2.20. The lowest BCUT2D eigenvalue weighted by atomic mass is 10.1. The highest BCUT2D eigenvalue weighted by molar-refractivity contribution is 8.00. The minimum Gasteiger partial charge on any atom is -0.481 e. The highest BCUT2D eigenvalue weighted by Gasteiger charge is 2.30. The van der Waals surface area contributed by atoms with Crippen LogP contribution >= 0.6 is 11.8 Å². The number of carbonyl (C=O) groups is 1. The predicted octanol–water partition coefficient (Wildman–Crippen LogP) is 8.76. The number of alkyl halides is 3. The van der Waals surface area contributed by atoms with Crippen LogP contribution in [0.25, 0.3) is 0 Å². The van der Waals surface area contributed by atoms with Gasteiger partial charge in [0.1, 0.15) is 5.75 Å². The molecule has 0 amide bonds. The van der Waals surface area contributed by atoms with Crippen LogP contribution in [0.1, 0.15) is 30.5 Å². The third kappa shape index (κ3) is 8.85. The van der Waals surface area contributed by atoms with Crippen molar-refractivity contribution in [3.8, 4) is 17.6 Å². The summed E-state index contributed by atoms with van der Waals surface area (Å²) >= 11 is -0.184. The van der Waals surface area contributed by atoms with E-state index in [-0.39, 0.29) is 34.2 Å². The largest absolute Gasteiger partial charge is 0.481 e. The smallest absolute Gasteiger partial charge is 0.446 e. The molecule has 4 aromatic rings. The van der Waals surface area contributed by atoms with Gasteiger partial charge in [0.05, 0.1) is 10.9 Å². The molecule has 8 heteroatoms. The molecular weight excluding hydrogens is 577 g/mol. The normalized spacial score (nSPS) is 11.5. The molecular formula is C34H30F3O3S2+. The van der Waals surface area contributed by atoms with Gasteiger partial charge in [-0.2, -0.15) is 13.2 Å². The maximum absolute atomic E-state index is 12.7. The zero-order chi connectivity index (χ0) is 30.3. The van der Waals surface area contributed by atoms with E-state index >= 15 is 0 Å². The monoisotopic (exact) mass is 607 g/mol. The summed E-state index contributed by atoms with van der Waals surface area (Å²) in [5, 5.41) is 0. The van der Waals surface area contributed by atoms with Crippen molar-refractivity contribution in [2.75, 3.05) is 6.61 Å². The van der Waals surface area contributed by atoms with Crippen LogP contribution < -0.4 is 4.74 Å². The summed E-state index contributed by atoms with van der Waals surface area (Å²) in [6.45, 7) is 6.92. The fraction of sp³-hybridized carbons (Fsp3) is 0.206. The number of aryl methyl sites for hydroxylation is 2. The van der Waals surface area contributed by atoms with Crippen molar-refractivity contribution in [3.05, 3.63) is 114 Å². The van der Waals surface area contributed by atoms with Crippen LogP contribution in [0.3, 0.4) is 0 Å². The zero-order valence-electron chi connectivity index (χ0n) is 23.6. The van der Waals surface area contributed by atoms with Gasteiger partial charge in [-0.1, -0.05) is 48.2 Å². The molecule has 0 aliphatic heterocycles. The molecule has 0 heterocycles. The van der Waals surface area contributed by atoms with Gasteiger partial charge in [0.15, 0.2) is 26.9 Å². The second-order valence-electron chi connectivity index (χ2n) is 9.91. The standard InChI is InChI=1S/C34H30F3O3S2/c1-24-21-30(42(28-11-7-5-8-12-28)29-13-9-6-10-14-29)22-25(2)32(24)39-23-31(38)40-33(3,4)20-19-26-15-17-27(18-16-26)41-34(35,36)37/h5-18,21-22H,23H2,1-4H3/q+1. The van der Waals surface area contributed by atoms with Gasteiger partial charge in [-0.15, -0.1) is 0 Å². The molecule has 0 saturated heterocycles. The molecule has 0 fully saturated rings. The first-order chi connectivity index (χ1) is 19.9. The summed E-state index contributed by atoms with van der Waals surface area (Å²) in [6, 6.07) is 30.6. The van der Waals surface area contributed by atoms with E-state index in [1.54, 1.807) is 13.8 Å². The molecule has 0 radical (unpaired) electrons. The molecule has 4 rings (SSSR count). The van der Waals surface area contributed by atoms with E-state index in [9.17, 15) is 18.0 Å². The highest BCUT2D eigenvalue weighted by atomic mass is 32.2. The minimum absolute atomic E-state index is 0.0747. The van der Waals surface area contributed by atoms with Crippen molar-refractivity contribution in [2.45, 2.75) is 58.4 Å². The third-order valence-corrected chi connectivity index (χ3v) is 8.86. The van der Waals surface area contributed by atoms with E-state index in [4.69, 9.17) is 9.47 Å². The maximum atomic E-state index is 12.7. The van der Waals surface area contributed by atoms with E-state index < -0.39 is 17.1 Å². The number of hydrogen-bond acceptors (Lipinski definition) is 4. The number of carbonyl (C=O) groups excluding carboxylic acids is 1. The molecule has 4 aromatic carbocycles. The van der Waals surface area contributed by atoms with Gasteiger partial charge in [-0.05, 0) is 99.1 Å². The Bertz CT molecular complexity index is 1510. The molecule has 0 atom stereocenters. The van der Waals surface area contributed by atoms with Gasteiger partial charge in [-0.3, -0.25) is 0 Å². The van der Waals surface area contributed by atoms with Crippen LogP contribution in [0.5, 0.6) is 5.75 Å². The number of benzene rings is 4. The summed E-state index contributed by atoms with van der Waals surface area (Å²) in [5.41, 5.74) is -3.15. The lowest BCUT2D eigenvalue weighted by molar-refractivity contribution is -0.154. The summed E-state index contributed by atoms with van der Waals surface area (Å²) in [5.74, 6) is 5.77. The fourth-order valence-corrected chi connectivity index (χ4v) is 7.01. The Kier molecular flexibility index (Phi) is 9.97. The fourth-order valence-electron chi connectivity index (χ4n) is 4.21. The molecule has 0 bridgehead atoms. The highest BCUT2D eigenvalue weighted by Crippen LogP contribution is 2.37. The number of esters is 1. The van der Waals surface area contributed by atoms with Gasteiger partial charge in [0, 0.05) is 22.6 Å². The van der Waals surface area contributed by atoms with Crippen LogP contribution in [0.2, 0.25) is 0 Å². The van der Waals surface area contributed by atoms with E-state index in [0.717, 1.165) is 16.0 Å². The Morgan fingerprint density at radius 1 is 0.810 bits per heavy atom. The second-order valence-corrected chi connectivity index (χ2v) is 13.1. The van der Waals surface area contributed by atoms with Crippen molar-refractivity contribution in [1.82, 2.24) is 0 Å². The maximum Gasteiger partial charge on any atom is 0.446 e. The minimum atomic E-state index is -4.35. The summed E-state index contributed by atoms with van der Waals surface area (Å²) in [4.78, 5) is 16.3. The Balaban J connectivity index is 1.43. The number of halogens is 3. The molecule has 42 heavy (non-hydrogen) atoms.